The van der Waals surface area contributed by atoms with Crippen LogP contribution < -0.4 is 0 Å². The molecule has 0 unspecified atom stereocenters. The van der Waals surface area contributed by atoms with Crippen molar-refractivity contribution in [2.75, 3.05) is 0 Å². The average Bonchev–Trinajstić information content (AvgIpc) is 3.68. The minimum Gasteiger partial charge on any atom is -0.456 e. The van der Waals surface area contributed by atoms with E-state index in [1.165, 1.54) is 0 Å². The molecule has 8 aromatic carbocycles. The molecular formula is C52H32N4O. The van der Waals surface area contributed by atoms with Crippen molar-refractivity contribution in [3.05, 3.63) is 200 Å². The monoisotopic (exact) mass is 728 g/mol. The van der Waals surface area contributed by atoms with Gasteiger partial charge in [-0.05, 0) is 99.1 Å². The van der Waals surface area contributed by atoms with Gasteiger partial charge in [-0.3, -0.25) is 0 Å². The Labute approximate surface area is 329 Å². The third kappa shape index (κ3) is 6.52. The molecule has 0 N–H and O–H groups in total. The lowest BCUT2D eigenvalue weighted by Gasteiger charge is -2.13. The maximum absolute atomic E-state index is 9.59. The van der Waals surface area contributed by atoms with Gasteiger partial charge in [0.1, 0.15) is 11.2 Å². The lowest BCUT2D eigenvalue weighted by molar-refractivity contribution is 0.669. The highest BCUT2D eigenvalue weighted by Crippen LogP contribution is 2.39. The van der Waals surface area contributed by atoms with Crippen molar-refractivity contribution in [3.8, 4) is 84.7 Å². The molecule has 266 valence electrons. The van der Waals surface area contributed by atoms with Crippen LogP contribution >= 0.6 is 0 Å². The lowest BCUT2D eigenvalue weighted by Crippen LogP contribution is -2.01. The first-order chi connectivity index (χ1) is 28.2. The lowest BCUT2D eigenvalue weighted by atomic mass is 9.95. The van der Waals surface area contributed by atoms with E-state index in [9.17, 15) is 5.26 Å². The van der Waals surface area contributed by atoms with Gasteiger partial charge in [0.05, 0.1) is 11.6 Å². The molecule has 2 heterocycles. The van der Waals surface area contributed by atoms with Gasteiger partial charge in [0.25, 0.3) is 0 Å². The average molecular weight is 729 g/mol. The Bertz CT molecular complexity index is 3070. The summed E-state index contributed by atoms with van der Waals surface area (Å²) >= 11 is 0. The van der Waals surface area contributed by atoms with Gasteiger partial charge in [-0.2, -0.15) is 5.26 Å². The molecule has 0 atom stereocenters. The normalized spacial score (nSPS) is 11.1. The van der Waals surface area contributed by atoms with E-state index in [0.717, 1.165) is 83.1 Å². The molecular weight excluding hydrogens is 697 g/mol. The number of fused-ring (bicyclic) bond motifs is 3. The van der Waals surface area contributed by atoms with Gasteiger partial charge in [-0.25, -0.2) is 15.0 Å². The molecule has 0 saturated carbocycles. The molecule has 0 aliphatic heterocycles. The number of aromatic nitrogens is 3. The van der Waals surface area contributed by atoms with Crippen LogP contribution in [0.25, 0.3) is 101 Å². The number of nitrogens with zero attached hydrogens (tertiary/aromatic N) is 4. The molecule has 2 aromatic heterocycles. The van der Waals surface area contributed by atoms with E-state index in [0.29, 0.717) is 23.0 Å². The molecule has 0 aliphatic carbocycles. The van der Waals surface area contributed by atoms with Crippen molar-refractivity contribution in [1.29, 1.82) is 5.26 Å². The fraction of sp³-hybridized carbons (Fsp3) is 0. The second kappa shape index (κ2) is 14.4. The number of furan rings is 1. The summed E-state index contributed by atoms with van der Waals surface area (Å²) in [6, 6.07) is 68.1. The van der Waals surface area contributed by atoms with Crippen LogP contribution in [0.1, 0.15) is 5.56 Å². The molecule has 10 aromatic rings. The van der Waals surface area contributed by atoms with Gasteiger partial charge < -0.3 is 4.42 Å². The predicted molar refractivity (Wildman–Crippen MR) is 230 cm³/mol. The summed E-state index contributed by atoms with van der Waals surface area (Å²) in [5, 5.41) is 11.7. The van der Waals surface area contributed by atoms with E-state index in [1.807, 2.05) is 78.9 Å². The molecule has 0 fully saturated rings. The standard InChI is InChI=1S/C52H32N4O/c53-33-34-13-10-20-38(27-34)39-21-11-22-40(28-39)50-54-51(41-25-26-46-48(32-41)57-47-24-12-23-45(49(46)47)37-18-8-3-9-19-37)56-52(55-50)44-30-42(35-14-4-1-5-15-35)29-43(31-44)36-16-6-2-7-17-36/h1-32H. The zero-order valence-corrected chi connectivity index (χ0v) is 30.7. The first-order valence-corrected chi connectivity index (χ1v) is 18.8. The molecule has 0 radical (unpaired) electrons. The van der Waals surface area contributed by atoms with Crippen LogP contribution in [0.15, 0.2) is 199 Å². The maximum atomic E-state index is 9.59. The highest BCUT2D eigenvalue weighted by Gasteiger charge is 2.18. The van der Waals surface area contributed by atoms with E-state index in [-0.39, 0.29) is 0 Å². The van der Waals surface area contributed by atoms with Crippen molar-refractivity contribution in [3.63, 3.8) is 0 Å². The van der Waals surface area contributed by atoms with Crippen molar-refractivity contribution < 1.29 is 4.42 Å². The Morgan fingerprint density at radius 1 is 0.351 bits per heavy atom. The van der Waals surface area contributed by atoms with Gasteiger partial charge in [0, 0.05) is 27.5 Å². The Morgan fingerprint density at radius 3 is 1.49 bits per heavy atom. The molecule has 0 saturated heterocycles. The Balaban J connectivity index is 1.17. The van der Waals surface area contributed by atoms with Gasteiger partial charge in [0.2, 0.25) is 0 Å². The summed E-state index contributed by atoms with van der Waals surface area (Å²) in [6.45, 7) is 0. The van der Waals surface area contributed by atoms with E-state index >= 15 is 0 Å². The molecule has 5 nitrogen and oxygen atoms in total. The first-order valence-electron chi connectivity index (χ1n) is 18.8. The van der Waals surface area contributed by atoms with Crippen LogP contribution in [0.5, 0.6) is 0 Å². The zero-order chi connectivity index (χ0) is 38.1. The topological polar surface area (TPSA) is 75.6 Å². The third-order valence-electron chi connectivity index (χ3n) is 10.3. The van der Waals surface area contributed by atoms with Crippen LogP contribution in [-0.2, 0) is 0 Å². The SMILES string of the molecule is N#Cc1cccc(-c2cccc(-c3nc(-c4cc(-c5ccccc5)cc(-c5ccccc5)c4)nc(-c4ccc5c(c4)oc4cccc(-c6ccccc6)c45)n3)c2)c1. The highest BCUT2D eigenvalue weighted by molar-refractivity contribution is 6.13. The molecule has 0 bridgehead atoms. The predicted octanol–water partition coefficient (Wildman–Crippen LogP) is 13.3. The third-order valence-corrected chi connectivity index (χ3v) is 10.3. The number of hydrogen-bond donors (Lipinski definition) is 0. The summed E-state index contributed by atoms with van der Waals surface area (Å²) in [5.41, 5.74) is 13.2. The van der Waals surface area contributed by atoms with Crippen LogP contribution in [0.4, 0.5) is 0 Å². The van der Waals surface area contributed by atoms with Crippen LogP contribution in [-0.4, -0.2) is 15.0 Å². The van der Waals surface area contributed by atoms with Gasteiger partial charge in [-0.1, -0.05) is 140 Å². The minimum atomic E-state index is 0.531. The number of hydrogen-bond acceptors (Lipinski definition) is 5. The van der Waals surface area contributed by atoms with Gasteiger partial charge in [0.15, 0.2) is 17.5 Å². The fourth-order valence-corrected chi connectivity index (χ4v) is 7.54. The van der Waals surface area contributed by atoms with E-state index in [1.54, 1.807) is 0 Å². The number of benzene rings is 8. The van der Waals surface area contributed by atoms with E-state index in [4.69, 9.17) is 19.4 Å². The summed E-state index contributed by atoms with van der Waals surface area (Å²) in [7, 11) is 0. The van der Waals surface area contributed by atoms with E-state index < -0.39 is 0 Å². The van der Waals surface area contributed by atoms with Gasteiger partial charge in [-0.15, -0.1) is 0 Å². The fourth-order valence-electron chi connectivity index (χ4n) is 7.54. The highest BCUT2D eigenvalue weighted by atomic mass is 16.3. The summed E-state index contributed by atoms with van der Waals surface area (Å²) < 4.78 is 6.53. The molecule has 5 heteroatoms. The first kappa shape index (κ1) is 33.6. The van der Waals surface area contributed by atoms with Crippen LogP contribution in [0.3, 0.4) is 0 Å². The molecule has 0 spiro atoms. The quantitative estimate of drug-likeness (QED) is 0.163. The number of nitriles is 1. The van der Waals surface area contributed by atoms with Crippen molar-refractivity contribution in [2.45, 2.75) is 0 Å². The summed E-state index contributed by atoms with van der Waals surface area (Å²) in [5.74, 6) is 1.62. The van der Waals surface area contributed by atoms with Gasteiger partial charge >= 0.3 is 0 Å². The smallest absolute Gasteiger partial charge is 0.164 e. The summed E-state index contributed by atoms with van der Waals surface area (Å²) in [4.78, 5) is 15.5. The maximum Gasteiger partial charge on any atom is 0.164 e. The largest absolute Gasteiger partial charge is 0.456 e. The Morgan fingerprint density at radius 2 is 0.842 bits per heavy atom. The Hall–Kier alpha value is -7.94. The van der Waals surface area contributed by atoms with Crippen molar-refractivity contribution >= 4 is 21.9 Å². The van der Waals surface area contributed by atoms with Crippen molar-refractivity contribution in [2.24, 2.45) is 0 Å². The van der Waals surface area contributed by atoms with Crippen LogP contribution in [0, 0.1) is 11.3 Å². The minimum absolute atomic E-state index is 0.531. The molecule has 57 heavy (non-hydrogen) atoms. The second-order valence-corrected chi connectivity index (χ2v) is 14.0. The number of rotatable bonds is 7. The Kier molecular flexibility index (Phi) is 8.48. The second-order valence-electron chi connectivity index (χ2n) is 14.0. The summed E-state index contributed by atoms with van der Waals surface area (Å²) in [6.07, 6.45) is 0. The molecule has 10 rings (SSSR count). The van der Waals surface area contributed by atoms with Crippen LogP contribution in [0.2, 0.25) is 0 Å². The van der Waals surface area contributed by atoms with Crippen molar-refractivity contribution in [1.82, 2.24) is 15.0 Å². The van der Waals surface area contributed by atoms with E-state index in [2.05, 4.69) is 121 Å². The molecule has 0 aliphatic rings. The zero-order valence-electron chi connectivity index (χ0n) is 30.7. The molecule has 0 amide bonds.